The van der Waals surface area contributed by atoms with Crippen LogP contribution in [-0.4, -0.2) is 17.0 Å². The predicted molar refractivity (Wildman–Crippen MR) is 27.5 cm³/mol. The van der Waals surface area contributed by atoms with Crippen LogP contribution in [0.4, 0.5) is 0 Å². The minimum Gasteiger partial charge on any atom is -0.329 e. The molecule has 0 rings (SSSR count). The number of halogens is 2. The molecule has 0 heterocycles. The number of hydrogen-bond acceptors (Lipinski definition) is 2. The zero-order valence-corrected chi connectivity index (χ0v) is 6.58. The van der Waals surface area contributed by atoms with Crippen molar-refractivity contribution < 1.29 is 20.4 Å². The summed E-state index contributed by atoms with van der Waals surface area (Å²) in [5.41, 5.74) is 5.02. The second-order valence-corrected chi connectivity index (χ2v) is 1.80. The van der Waals surface area contributed by atoms with Crippen molar-refractivity contribution in [1.82, 2.24) is 3.94 Å². The van der Waals surface area contributed by atoms with Gasteiger partial charge < -0.3 is 5.73 Å². The van der Waals surface area contributed by atoms with Crippen LogP contribution in [0.5, 0.6) is 0 Å². The summed E-state index contributed by atoms with van der Waals surface area (Å²) in [6, 6.07) is 0. The third-order valence-electron chi connectivity index (χ3n) is 0.298. The second-order valence-electron chi connectivity index (χ2n) is 0.815. The fourth-order valence-electron chi connectivity index (χ4n) is 0.0976. The van der Waals surface area contributed by atoms with Gasteiger partial charge in [0.05, 0.1) is 0 Å². The van der Waals surface area contributed by atoms with Gasteiger partial charge in [-0.25, -0.2) is 0 Å². The van der Waals surface area contributed by atoms with Gasteiger partial charge in [-0.15, -0.1) is 3.94 Å². The molecule has 48 valence electrons. The van der Waals surface area contributed by atoms with Gasteiger partial charge in [-0.2, -0.15) is 0 Å². The molecule has 0 unspecified atom stereocenters. The molecule has 7 heavy (non-hydrogen) atoms. The Bertz CT molecular complexity index is 34.9. The summed E-state index contributed by atoms with van der Waals surface area (Å²) in [4.78, 5) is 0. The van der Waals surface area contributed by atoms with Crippen LogP contribution in [0.1, 0.15) is 0 Å². The molecule has 0 aliphatic carbocycles. The molecule has 5 heteroatoms. The molecule has 0 aliphatic heterocycles. The topological polar surface area (TPSA) is 29.3 Å². The summed E-state index contributed by atoms with van der Waals surface area (Å²) in [5.74, 6) is 0. The van der Waals surface area contributed by atoms with Crippen molar-refractivity contribution in [2.75, 3.05) is 13.1 Å². The van der Waals surface area contributed by atoms with Gasteiger partial charge in [0.1, 0.15) is 0 Å². The molecule has 0 radical (unpaired) electrons. The van der Waals surface area contributed by atoms with Crippen molar-refractivity contribution >= 4 is 23.6 Å². The maximum atomic E-state index is 5.10. The fraction of sp³-hybridized carbons (Fsp3) is 1.00. The normalized spacial score (nSPS) is 8.57. The molecule has 0 atom stereocenters. The molecule has 0 amide bonds. The van der Waals surface area contributed by atoms with E-state index in [0.717, 1.165) is 3.94 Å². The van der Waals surface area contributed by atoms with Crippen LogP contribution < -0.4 is 5.73 Å². The first kappa shape index (κ1) is 11.0. The van der Waals surface area contributed by atoms with E-state index in [0.29, 0.717) is 13.1 Å². The Labute approximate surface area is 66.8 Å². The summed E-state index contributed by atoms with van der Waals surface area (Å²) in [5, 5.41) is 0. The smallest absolute Gasteiger partial charge is 0.0427 e. The minimum atomic E-state index is 0. The fourth-order valence-corrected chi connectivity index (χ4v) is 0.293. The van der Waals surface area contributed by atoms with Gasteiger partial charge in [0, 0.05) is 33.5 Å². The second kappa shape index (κ2) is 7.16. The third kappa shape index (κ3) is 11.0. The molecular formula is C2H6Cl2N2Pd. The van der Waals surface area contributed by atoms with Crippen molar-refractivity contribution in [3.05, 3.63) is 0 Å². The van der Waals surface area contributed by atoms with E-state index in [1.165, 1.54) is 0 Å². The SMILES string of the molecule is NCCN(Cl)Cl.[Pd]. The standard InChI is InChI=1S/C2H6Cl2N2.Pd/c3-6(4)2-1-5;/h1-2,5H2;. The van der Waals surface area contributed by atoms with Crippen LogP contribution in [0, 0.1) is 0 Å². The first-order valence-electron chi connectivity index (χ1n) is 1.56. The van der Waals surface area contributed by atoms with Crippen molar-refractivity contribution in [2.45, 2.75) is 0 Å². The van der Waals surface area contributed by atoms with Crippen molar-refractivity contribution in [1.29, 1.82) is 0 Å². The average molecular weight is 235 g/mol. The van der Waals surface area contributed by atoms with Crippen LogP contribution in [0.25, 0.3) is 0 Å². The van der Waals surface area contributed by atoms with Crippen LogP contribution >= 0.6 is 23.6 Å². The van der Waals surface area contributed by atoms with E-state index in [9.17, 15) is 0 Å². The molecule has 0 aromatic rings. The molecule has 0 aromatic heterocycles. The maximum absolute atomic E-state index is 5.10. The van der Waals surface area contributed by atoms with Gasteiger partial charge in [-0.1, -0.05) is 0 Å². The Morgan fingerprint density at radius 2 is 1.86 bits per heavy atom. The van der Waals surface area contributed by atoms with Crippen LogP contribution in [0.2, 0.25) is 0 Å². The van der Waals surface area contributed by atoms with Crippen LogP contribution in [-0.2, 0) is 20.4 Å². The molecule has 0 saturated carbocycles. The summed E-state index contributed by atoms with van der Waals surface area (Å²) < 4.78 is 1.00. The largest absolute Gasteiger partial charge is 0.329 e. The van der Waals surface area contributed by atoms with Crippen molar-refractivity contribution in [3.63, 3.8) is 0 Å². The Morgan fingerprint density at radius 3 is 1.86 bits per heavy atom. The summed E-state index contributed by atoms with van der Waals surface area (Å²) in [7, 11) is 0. The summed E-state index contributed by atoms with van der Waals surface area (Å²) >= 11 is 10.2. The molecular weight excluding hydrogens is 229 g/mol. The Hall–Kier alpha value is 1.16. The van der Waals surface area contributed by atoms with E-state index in [2.05, 4.69) is 0 Å². The Kier molecular flexibility index (Phi) is 11.3. The molecule has 0 saturated heterocycles. The van der Waals surface area contributed by atoms with E-state index in [1.807, 2.05) is 0 Å². The number of hydrogen-bond donors (Lipinski definition) is 1. The van der Waals surface area contributed by atoms with Gasteiger partial charge in [0.15, 0.2) is 0 Å². The van der Waals surface area contributed by atoms with Crippen LogP contribution in [0.3, 0.4) is 0 Å². The molecule has 0 bridgehead atoms. The van der Waals surface area contributed by atoms with Crippen LogP contribution in [0.15, 0.2) is 0 Å². The summed E-state index contributed by atoms with van der Waals surface area (Å²) in [6.07, 6.45) is 0. The average Bonchev–Trinajstić information content (AvgIpc) is 1.35. The predicted octanol–water partition coefficient (Wildman–Crippen LogP) is 0.552. The molecule has 2 N–H and O–H groups in total. The number of rotatable bonds is 2. The molecule has 0 spiro atoms. The Balaban J connectivity index is 0. The van der Waals surface area contributed by atoms with Gasteiger partial charge in [0.25, 0.3) is 0 Å². The van der Waals surface area contributed by atoms with Gasteiger partial charge >= 0.3 is 0 Å². The third-order valence-corrected chi connectivity index (χ3v) is 0.636. The van der Waals surface area contributed by atoms with Gasteiger partial charge in [-0.05, 0) is 23.6 Å². The molecule has 0 aromatic carbocycles. The van der Waals surface area contributed by atoms with E-state index in [-0.39, 0.29) is 20.4 Å². The number of nitrogens with zero attached hydrogens (tertiary/aromatic N) is 1. The zero-order chi connectivity index (χ0) is 4.99. The molecule has 0 aliphatic rings. The van der Waals surface area contributed by atoms with E-state index < -0.39 is 0 Å². The Morgan fingerprint density at radius 1 is 1.43 bits per heavy atom. The zero-order valence-electron chi connectivity index (χ0n) is 3.51. The maximum Gasteiger partial charge on any atom is 0.0427 e. The van der Waals surface area contributed by atoms with Gasteiger partial charge in [-0.3, -0.25) is 0 Å². The van der Waals surface area contributed by atoms with E-state index in [4.69, 9.17) is 29.3 Å². The van der Waals surface area contributed by atoms with Gasteiger partial charge in [0.2, 0.25) is 0 Å². The quantitative estimate of drug-likeness (QED) is 0.559. The van der Waals surface area contributed by atoms with Crippen molar-refractivity contribution in [2.24, 2.45) is 5.73 Å². The van der Waals surface area contributed by atoms with Crippen molar-refractivity contribution in [3.8, 4) is 0 Å². The number of nitrogens with two attached hydrogens (primary N) is 1. The minimum absolute atomic E-state index is 0. The van der Waals surface area contributed by atoms with E-state index >= 15 is 0 Å². The first-order chi connectivity index (χ1) is 2.77. The molecule has 0 fully saturated rings. The summed E-state index contributed by atoms with van der Waals surface area (Å²) in [6.45, 7) is 1.01. The monoisotopic (exact) mass is 234 g/mol. The van der Waals surface area contributed by atoms with E-state index in [1.54, 1.807) is 0 Å². The first-order valence-corrected chi connectivity index (χ1v) is 2.24. The molecule has 2 nitrogen and oxygen atoms in total.